The van der Waals surface area contributed by atoms with Gasteiger partial charge in [-0.25, -0.2) is 0 Å². The first-order valence-electron chi connectivity index (χ1n) is 18.3. The summed E-state index contributed by atoms with van der Waals surface area (Å²) in [5, 5.41) is 15.8. The summed E-state index contributed by atoms with van der Waals surface area (Å²) in [4.78, 5) is 43.9. The van der Waals surface area contributed by atoms with E-state index in [4.69, 9.17) is 27.9 Å². The zero-order valence-corrected chi connectivity index (χ0v) is 31.5. The summed E-state index contributed by atoms with van der Waals surface area (Å²) in [6.45, 7) is 5.31. The normalized spacial score (nSPS) is 24.2. The third kappa shape index (κ3) is 8.73. The van der Waals surface area contributed by atoms with E-state index >= 15 is 0 Å². The van der Waals surface area contributed by atoms with E-state index in [1.807, 2.05) is 35.7 Å². The molecule has 52 heavy (non-hydrogen) atoms. The minimum absolute atomic E-state index is 0.0232. The molecule has 7 rings (SSSR count). The Morgan fingerprint density at radius 2 is 1.62 bits per heavy atom. The largest absolute Gasteiger partial charge is 0.481 e. The maximum Gasteiger partial charge on any atom is 0.306 e. The minimum atomic E-state index is -0.725. The van der Waals surface area contributed by atoms with Gasteiger partial charge in [-0.1, -0.05) is 71.7 Å². The molecule has 0 bridgehead atoms. The number of anilines is 1. The summed E-state index contributed by atoms with van der Waals surface area (Å²) < 4.78 is 7.47. The SMILES string of the molecule is O=C(Nc1cc(Cl)c(CC(=O)C2C[C@@H](N3CCN(Cc4ccccc4)CC3)C[C@H]2COC2CCC(C(=O)O)CC2)cc1Cl)c1csc2ccccc12. The average molecular weight is 763 g/mol. The van der Waals surface area contributed by atoms with Crippen molar-refractivity contribution in [2.24, 2.45) is 17.8 Å². The van der Waals surface area contributed by atoms with Crippen molar-refractivity contribution >= 4 is 68.0 Å². The molecular weight excluding hydrogens is 717 g/mol. The summed E-state index contributed by atoms with van der Waals surface area (Å²) in [6.07, 6.45) is 4.54. The van der Waals surface area contributed by atoms with E-state index in [2.05, 4.69) is 39.4 Å². The molecule has 2 N–H and O–H groups in total. The fourth-order valence-corrected chi connectivity index (χ4v) is 9.72. The third-order valence-corrected chi connectivity index (χ3v) is 12.9. The predicted octanol–water partition coefficient (Wildman–Crippen LogP) is 8.44. The summed E-state index contributed by atoms with van der Waals surface area (Å²) in [7, 11) is 0. The maximum absolute atomic E-state index is 14.2. The van der Waals surface area contributed by atoms with Gasteiger partial charge < -0.3 is 15.2 Å². The first-order chi connectivity index (χ1) is 25.2. The van der Waals surface area contributed by atoms with Crippen molar-refractivity contribution in [3.05, 3.63) is 98.8 Å². The number of carbonyl (C=O) groups excluding carboxylic acids is 2. The molecule has 274 valence electrons. The molecule has 3 atom stereocenters. The van der Waals surface area contributed by atoms with Crippen LogP contribution in [-0.2, 0) is 27.3 Å². The summed E-state index contributed by atoms with van der Waals surface area (Å²) >= 11 is 15.0. The van der Waals surface area contributed by atoms with Crippen LogP contribution in [0.5, 0.6) is 0 Å². The Morgan fingerprint density at radius 1 is 0.885 bits per heavy atom. The van der Waals surface area contributed by atoms with Gasteiger partial charge >= 0.3 is 5.97 Å². The highest BCUT2D eigenvalue weighted by atomic mass is 35.5. The van der Waals surface area contributed by atoms with Crippen molar-refractivity contribution < 1.29 is 24.2 Å². The molecule has 8 nitrogen and oxygen atoms in total. The van der Waals surface area contributed by atoms with Crippen LogP contribution in [0.4, 0.5) is 5.69 Å². The molecular formula is C41H45Cl2N3O5S. The second-order valence-electron chi connectivity index (χ2n) is 14.6. The topological polar surface area (TPSA) is 99.2 Å². The van der Waals surface area contributed by atoms with Gasteiger partial charge in [-0.05, 0) is 73.8 Å². The van der Waals surface area contributed by atoms with Crippen LogP contribution in [-0.4, -0.2) is 77.5 Å². The molecule has 0 radical (unpaired) electrons. The van der Waals surface area contributed by atoms with Gasteiger partial charge in [-0.3, -0.25) is 24.2 Å². The van der Waals surface area contributed by atoms with Crippen molar-refractivity contribution in [1.82, 2.24) is 9.80 Å². The molecule has 2 aliphatic carbocycles. The highest BCUT2D eigenvalue weighted by Crippen LogP contribution is 2.39. The van der Waals surface area contributed by atoms with Gasteiger partial charge in [0.1, 0.15) is 5.78 Å². The van der Waals surface area contributed by atoms with E-state index in [1.54, 1.807) is 12.1 Å². The lowest BCUT2D eigenvalue weighted by Crippen LogP contribution is -2.49. The molecule has 1 aliphatic heterocycles. The third-order valence-electron chi connectivity index (χ3n) is 11.3. The maximum atomic E-state index is 14.2. The van der Waals surface area contributed by atoms with Crippen LogP contribution < -0.4 is 5.32 Å². The number of thiophene rings is 1. The minimum Gasteiger partial charge on any atom is -0.481 e. The second kappa shape index (κ2) is 16.8. The zero-order valence-electron chi connectivity index (χ0n) is 29.1. The molecule has 2 heterocycles. The van der Waals surface area contributed by atoms with Crippen LogP contribution in [0.25, 0.3) is 10.1 Å². The molecule has 2 saturated carbocycles. The van der Waals surface area contributed by atoms with Gasteiger partial charge in [0.25, 0.3) is 5.91 Å². The molecule has 0 spiro atoms. The number of halogens is 2. The number of carboxylic acids is 1. The number of hydrogen-bond acceptors (Lipinski definition) is 7. The number of benzene rings is 3. The van der Waals surface area contributed by atoms with Crippen molar-refractivity contribution in [1.29, 1.82) is 0 Å². The van der Waals surface area contributed by atoms with Crippen molar-refractivity contribution in [3.63, 3.8) is 0 Å². The van der Waals surface area contributed by atoms with Crippen LogP contribution >= 0.6 is 34.5 Å². The lowest BCUT2D eigenvalue weighted by molar-refractivity contribution is -0.144. The molecule has 3 fully saturated rings. The number of Topliss-reactive ketones (excluding diaryl/α,β-unsaturated/α-hetero) is 1. The number of ether oxygens (including phenoxy) is 1. The Kier molecular flexibility index (Phi) is 12.0. The van der Waals surface area contributed by atoms with Gasteiger partial charge in [0.2, 0.25) is 0 Å². The fourth-order valence-electron chi connectivity index (χ4n) is 8.32. The van der Waals surface area contributed by atoms with E-state index in [-0.39, 0.29) is 48.0 Å². The number of fused-ring (bicyclic) bond motifs is 1. The number of amides is 1. The Hall–Kier alpha value is -3.31. The molecule has 1 unspecified atom stereocenters. The van der Waals surface area contributed by atoms with Crippen LogP contribution in [0.3, 0.4) is 0 Å². The van der Waals surface area contributed by atoms with Crippen LogP contribution in [0.1, 0.15) is 60.0 Å². The lowest BCUT2D eigenvalue weighted by Gasteiger charge is -2.38. The molecule has 1 amide bonds. The monoisotopic (exact) mass is 761 g/mol. The number of carboxylic acid groups (broad SMARTS) is 1. The van der Waals surface area contributed by atoms with Crippen molar-refractivity contribution in [2.45, 2.75) is 63.6 Å². The lowest BCUT2D eigenvalue weighted by atomic mass is 9.87. The van der Waals surface area contributed by atoms with Gasteiger partial charge in [-0.15, -0.1) is 11.3 Å². The number of ketones is 1. The van der Waals surface area contributed by atoms with E-state index in [9.17, 15) is 19.5 Å². The smallest absolute Gasteiger partial charge is 0.306 e. The number of hydrogen-bond donors (Lipinski definition) is 2. The fraction of sp³-hybridized carbons (Fsp3) is 0.439. The van der Waals surface area contributed by atoms with Gasteiger partial charge in [0.05, 0.1) is 34.9 Å². The van der Waals surface area contributed by atoms with Gasteiger partial charge in [0.15, 0.2) is 0 Å². The second-order valence-corrected chi connectivity index (χ2v) is 16.3. The van der Waals surface area contributed by atoms with Crippen molar-refractivity contribution in [2.75, 3.05) is 38.1 Å². The van der Waals surface area contributed by atoms with Gasteiger partial charge in [-0.2, -0.15) is 0 Å². The Morgan fingerprint density at radius 3 is 2.37 bits per heavy atom. The summed E-state index contributed by atoms with van der Waals surface area (Å²) in [5.74, 6) is -1.30. The average Bonchev–Trinajstić information content (AvgIpc) is 3.79. The molecule has 1 aromatic heterocycles. The summed E-state index contributed by atoms with van der Waals surface area (Å²) in [6, 6.07) is 22.0. The van der Waals surface area contributed by atoms with E-state index in [1.165, 1.54) is 16.9 Å². The first-order valence-corrected chi connectivity index (χ1v) is 20.0. The van der Waals surface area contributed by atoms with E-state index in [0.717, 1.165) is 68.5 Å². The quantitative estimate of drug-likeness (QED) is 0.150. The Balaban J connectivity index is 1.01. The molecule has 4 aromatic rings. The molecule has 1 saturated heterocycles. The predicted molar refractivity (Wildman–Crippen MR) is 208 cm³/mol. The zero-order chi connectivity index (χ0) is 36.2. The first kappa shape index (κ1) is 37.0. The van der Waals surface area contributed by atoms with Crippen LogP contribution in [0.2, 0.25) is 10.0 Å². The van der Waals surface area contributed by atoms with Crippen LogP contribution in [0, 0.1) is 17.8 Å². The highest BCUT2D eigenvalue weighted by Gasteiger charge is 2.42. The van der Waals surface area contributed by atoms with Crippen molar-refractivity contribution in [3.8, 4) is 0 Å². The number of aliphatic carboxylic acids is 1. The number of rotatable bonds is 12. The highest BCUT2D eigenvalue weighted by molar-refractivity contribution is 7.17. The standard InChI is InChI=1S/C41H45Cl2N3O5S/c42-35-22-37(44-40(48)34-25-52-39-9-5-4-8-32(34)39)36(43)19-28(35)20-38(47)33-21-30(18-29(33)24-51-31-12-10-27(11-13-31)41(49)50)46-16-14-45(15-17-46)23-26-6-2-1-3-7-26/h1-9,19,22,25,27,29-31,33H,10-18,20-21,23-24H2,(H,44,48)(H,49,50)/t27?,29-,30-,31?,33?/m0/s1. The van der Waals surface area contributed by atoms with E-state index < -0.39 is 5.97 Å². The number of carbonyl (C=O) groups is 3. The van der Waals surface area contributed by atoms with Gasteiger partial charge in [0, 0.05) is 71.6 Å². The number of piperazine rings is 1. The molecule has 3 aromatic carbocycles. The summed E-state index contributed by atoms with van der Waals surface area (Å²) in [5.41, 5.74) is 2.94. The Labute approximate surface area is 319 Å². The number of nitrogens with zero attached hydrogens (tertiary/aromatic N) is 2. The van der Waals surface area contributed by atoms with Crippen LogP contribution in [0.15, 0.2) is 72.1 Å². The van der Waals surface area contributed by atoms with E-state index in [0.29, 0.717) is 46.3 Å². The molecule has 3 aliphatic rings. The molecule has 11 heteroatoms. The Bertz CT molecular complexity index is 1890. The number of nitrogens with one attached hydrogen (secondary N) is 1.